The van der Waals surface area contributed by atoms with E-state index in [0.29, 0.717) is 11.8 Å². The normalized spacial score (nSPS) is 10.8. The molecule has 0 saturated heterocycles. The van der Waals surface area contributed by atoms with E-state index in [2.05, 4.69) is 29.1 Å². The van der Waals surface area contributed by atoms with E-state index < -0.39 is 0 Å². The van der Waals surface area contributed by atoms with Gasteiger partial charge in [0.15, 0.2) is 0 Å². The van der Waals surface area contributed by atoms with Crippen molar-refractivity contribution in [3.63, 3.8) is 0 Å². The fourth-order valence-electron chi connectivity index (χ4n) is 1.35. The molecule has 0 amide bonds. The Hall–Kier alpha value is -1.91. The zero-order chi connectivity index (χ0) is 11.5. The van der Waals surface area contributed by atoms with Crippen LogP contribution in [0.5, 0.6) is 5.88 Å². The summed E-state index contributed by atoms with van der Waals surface area (Å²) in [7, 11) is 1.57. The van der Waals surface area contributed by atoms with Crippen LogP contribution < -0.4 is 4.74 Å². The third-order valence-electron chi connectivity index (χ3n) is 2.29. The minimum atomic E-state index is 0.415. The summed E-state index contributed by atoms with van der Waals surface area (Å²) in [6.07, 6.45) is 3.56. The third-order valence-corrected chi connectivity index (χ3v) is 2.29. The molecule has 5 heteroatoms. The SMILES string of the molecule is COc1cc(-n2ccc(C(C)C)n2)cnn1. The van der Waals surface area contributed by atoms with Gasteiger partial charge in [-0.25, -0.2) is 4.68 Å². The number of methoxy groups -OCH3 is 1. The fraction of sp³-hybridized carbons (Fsp3) is 0.364. The lowest BCUT2D eigenvalue weighted by molar-refractivity contribution is 0.391. The van der Waals surface area contributed by atoms with Gasteiger partial charge in [0.1, 0.15) is 0 Å². The molecule has 0 aliphatic rings. The second-order valence-electron chi connectivity index (χ2n) is 3.80. The molecule has 2 aromatic rings. The highest BCUT2D eigenvalue weighted by atomic mass is 16.5. The molecule has 2 aromatic heterocycles. The van der Waals surface area contributed by atoms with Crippen molar-refractivity contribution in [2.24, 2.45) is 0 Å². The number of aromatic nitrogens is 4. The lowest BCUT2D eigenvalue weighted by atomic mass is 10.1. The lowest BCUT2D eigenvalue weighted by Gasteiger charge is -2.03. The summed E-state index contributed by atoms with van der Waals surface area (Å²) in [6, 6.07) is 3.79. The molecule has 0 atom stereocenters. The van der Waals surface area contributed by atoms with Gasteiger partial charge in [-0.15, -0.1) is 5.10 Å². The summed E-state index contributed by atoms with van der Waals surface area (Å²) in [4.78, 5) is 0. The molecule has 0 spiro atoms. The molecule has 0 aliphatic heterocycles. The predicted octanol–water partition coefficient (Wildman–Crippen LogP) is 1.79. The Morgan fingerprint density at radius 2 is 2.19 bits per heavy atom. The first-order chi connectivity index (χ1) is 7.70. The van der Waals surface area contributed by atoms with E-state index in [1.54, 1.807) is 24.1 Å². The van der Waals surface area contributed by atoms with Gasteiger partial charge in [0, 0.05) is 12.3 Å². The molecule has 0 fully saturated rings. The average Bonchev–Trinajstić information content (AvgIpc) is 2.78. The van der Waals surface area contributed by atoms with E-state index in [0.717, 1.165) is 11.4 Å². The molecule has 2 rings (SSSR count). The molecule has 0 N–H and O–H groups in total. The maximum absolute atomic E-state index is 5.02. The zero-order valence-corrected chi connectivity index (χ0v) is 9.58. The van der Waals surface area contributed by atoms with Crippen LogP contribution in [0.25, 0.3) is 5.69 Å². The first kappa shape index (κ1) is 10.6. The molecule has 0 saturated carbocycles. The van der Waals surface area contributed by atoms with Gasteiger partial charge >= 0.3 is 0 Å². The highest BCUT2D eigenvalue weighted by Crippen LogP contribution is 2.15. The maximum Gasteiger partial charge on any atom is 0.235 e. The van der Waals surface area contributed by atoms with E-state index >= 15 is 0 Å². The van der Waals surface area contributed by atoms with Crippen molar-refractivity contribution in [1.29, 1.82) is 0 Å². The molecule has 84 valence electrons. The van der Waals surface area contributed by atoms with Crippen LogP contribution in [0.15, 0.2) is 24.5 Å². The van der Waals surface area contributed by atoms with Gasteiger partial charge in [0.25, 0.3) is 0 Å². The quantitative estimate of drug-likeness (QED) is 0.788. The molecule has 0 aromatic carbocycles. The number of rotatable bonds is 3. The van der Waals surface area contributed by atoms with Crippen LogP contribution in [0.4, 0.5) is 0 Å². The molecule has 0 unspecified atom stereocenters. The maximum atomic E-state index is 5.02. The van der Waals surface area contributed by atoms with Gasteiger partial charge < -0.3 is 4.74 Å². The highest BCUT2D eigenvalue weighted by Gasteiger charge is 2.06. The summed E-state index contributed by atoms with van der Waals surface area (Å²) in [5.74, 6) is 0.900. The van der Waals surface area contributed by atoms with Crippen molar-refractivity contribution in [3.8, 4) is 11.6 Å². The average molecular weight is 218 g/mol. The molecule has 5 nitrogen and oxygen atoms in total. The zero-order valence-electron chi connectivity index (χ0n) is 9.58. The summed E-state index contributed by atoms with van der Waals surface area (Å²) >= 11 is 0. The van der Waals surface area contributed by atoms with Crippen LogP contribution in [0.2, 0.25) is 0 Å². The van der Waals surface area contributed by atoms with Crippen molar-refractivity contribution in [2.75, 3.05) is 7.11 Å². The topological polar surface area (TPSA) is 52.8 Å². The molecular formula is C11H14N4O. The standard InChI is InChI=1S/C11H14N4O/c1-8(2)10-4-5-15(14-10)9-6-11(16-3)13-12-7-9/h4-8H,1-3H3. The summed E-state index contributed by atoms with van der Waals surface area (Å²) in [5.41, 5.74) is 1.90. The van der Waals surface area contributed by atoms with E-state index in [1.807, 2.05) is 12.3 Å². The Bertz CT molecular complexity index is 478. The van der Waals surface area contributed by atoms with E-state index in [4.69, 9.17) is 4.74 Å². The second-order valence-corrected chi connectivity index (χ2v) is 3.80. The Labute approximate surface area is 94.1 Å². The number of hydrogen-bond acceptors (Lipinski definition) is 4. The molecule has 0 bridgehead atoms. The van der Waals surface area contributed by atoms with Gasteiger partial charge in [-0.2, -0.15) is 10.2 Å². The third kappa shape index (κ3) is 2.03. The first-order valence-corrected chi connectivity index (χ1v) is 5.13. The Morgan fingerprint density at radius 1 is 1.38 bits per heavy atom. The van der Waals surface area contributed by atoms with Gasteiger partial charge in [0.2, 0.25) is 5.88 Å². The van der Waals surface area contributed by atoms with Gasteiger partial charge in [-0.1, -0.05) is 13.8 Å². The summed E-state index contributed by atoms with van der Waals surface area (Å²) in [6.45, 7) is 4.22. The number of hydrogen-bond donors (Lipinski definition) is 0. The van der Waals surface area contributed by atoms with Crippen LogP contribution >= 0.6 is 0 Å². The van der Waals surface area contributed by atoms with Crippen molar-refractivity contribution >= 4 is 0 Å². The molecular weight excluding hydrogens is 204 g/mol. The minimum absolute atomic E-state index is 0.415. The number of nitrogens with zero attached hydrogens (tertiary/aromatic N) is 4. The Kier molecular flexibility index (Phi) is 2.85. The Balaban J connectivity index is 2.34. The van der Waals surface area contributed by atoms with Gasteiger partial charge in [0.05, 0.1) is 24.7 Å². The van der Waals surface area contributed by atoms with E-state index in [1.165, 1.54) is 0 Å². The van der Waals surface area contributed by atoms with Crippen LogP contribution in [0.3, 0.4) is 0 Å². The van der Waals surface area contributed by atoms with E-state index in [-0.39, 0.29) is 0 Å². The summed E-state index contributed by atoms with van der Waals surface area (Å²) in [5, 5.41) is 12.1. The minimum Gasteiger partial charge on any atom is -0.480 e. The van der Waals surface area contributed by atoms with Gasteiger partial charge in [-0.3, -0.25) is 0 Å². The molecule has 16 heavy (non-hydrogen) atoms. The fourth-order valence-corrected chi connectivity index (χ4v) is 1.35. The largest absolute Gasteiger partial charge is 0.480 e. The number of ether oxygens (including phenoxy) is 1. The Morgan fingerprint density at radius 3 is 2.81 bits per heavy atom. The smallest absolute Gasteiger partial charge is 0.235 e. The van der Waals surface area contributed by atoms with Crippen LogP contribution in [-0.4, -0.2) is 27.1 Å². The molecule has 0 radical (unpaired) electrons. The van der Waals surface area contributed by atoms with Crippen LogP contribution in [0, 0.1) is 0 Å². The van der Waals surface area contributed by atoms with Crippen LogP contribution in [0.1, 0.15) is 25.5 Å². The highest BCUT2D eigenvalue weighted by molar-refractivity contribution is 5.31. The van der Waals surface area contributed by atoms with Crippen molar-refractivity contribution in [3.05, 3.63) is 30.2 Å². The van der Waals surface area contributed by atoms with Crippen molar-refractivity contribution in [1.82, 2.24) is 20.0 Å². The van der Waals surface area contributed by atoms with Gasteiger partial charge in [-0.05, 0) is 12.0 Å². The predicted molar refractivity (Wildman–Crippen MR) is 59.8 cm³/mol. The second kappa shape index (κ2) is 4.30. The molecule has 0 aliphatic carbocycles. The monoisotopic (exact) mass is 218 g/mol. The van der Waals surface area contributed by atoms with Crippen molar-refractivity contribution in [2.45, 2.75) is 19.8 Å². The first-order valence-electron chi connectivity index (χ1n) is 5.13. The van der Waals surface area contributed by atoms with Crippen molar-refractivity contribution < 1.29 is 4.74 Å². The lowest BCUT2D eigenvalue weighted by Crippen LogP contribution is -2.00. The van der Waals surface area contributed by atoms with Crippen LogP contribution in [-0.2, 0) is 0 Å². The summed E-state index contributed by atoms with van der Waals surface area (Å²) < 4.78 is 6.79. The molecule has 2 heterocycles. The van der Waals surface area contributed by atoms with E-state index in [9.17, 15) is 0 Å².